The Labute approximate surface area is 99.6 Å². The first-order chi connectivity index (χ1) is 7.86. The highest BCUT2D eigenvalue weighted by Gasteiger charge is 1.97. The molecule has 2 nitrogen and oxygen atoms in total. The molecule has 0 aliphatic heterocycles. The third-order valence-electron chi connectivity index (χ3n) is 2.34. The largest absolute Gasteiger partial charge is 0.465 e. The number of furan rings is 1. The van der Waals surface area contributed by atoms with Crippen LogP contribution in [-0.2, 0) is 6.54 Å². The van der Waals surface area contributed by atoms with Crippen LogP contribution in [0.1, 0.15) is 16.2 Å². The summed E-state index contributed by atoms with van der Waals surface area (Å²) in [5.74, 6) is 0.897. The molecule has 0 aliphatic rings. The molecular formula is C13H15NOS. The third-order valence-corrected chi connectivity index (χ3v) is 3.36. The Bertz CT molecular complexity index is 442. The second-order valence-electron chi connectivity index (χ2n) is 3.58. The molecule has 2 aromatic rings. The van der Waals surface area contributed by atoms with Gasteiger partial charge in [-0.3, -0.25) is 0 Å². The van der Waals surface area contributed by atoms with Crippen molar-refractivity contribution in [2.75, 3.05) is 6.54 Å². The van der Waals surface area contributed by atoms with Crippen LogP contribution in [-0.4, -0.2) is 6.54 Å². The molecule has 0 saturated heterocycles. The highest BCUT2D eigenvalue weighted by atomic mass is 32.1. The number of nitrogens with one attached hydrogen (secondary N) is 1. The summed E-state index contributed by atoms with van der Waals surface area (Å²) < 4.78 is 5.19. The smallest absolute Gasteiger partial charge is 0.126 e. The third kappa shape index (κ3) is 3.08. The Kier molecular flexibility index (Phi) is 3.97. The molecule has 0 bridgehead atoms. The van der Waals surface area contributed by atoms with Crippen molar-refractivity contribution < 1.29 is 4.42 Å². The fourth-order valence-electron chi connectivity index (χ4n) is 1.42. The first kappa shape index (κ1) is 11.2. The van der Waals surface area contributed by atoms with E-state index in [0.717, 1.165) is 18.8 Å². The summed E-state index contributed by atoms with van der Waals surface area (Å²) in [6.07, 6.45) is 5.73. The van der Waals surface area contributed by atoms with Crippen LogP contribution < -0.4 is 5.32 Å². The van der Waals surface area contributed by atoms with Gasteiger partial charge in [-0.15, -0.1) is 11.3 Å². The molecule has 16 heavy (non-hydrogen) atoms. The van der Waals surface area contributed by atoms with Gasteiger partial charge in [-0.1, -0.05) is 6.08 Å². The fourth-order valence-corrected chi connectivity index (χ4v) is 2.29. The van der Waals surface area contributed by atoms with Gasteiger partial charge in [0.1, 0.15) is 5.76 Å². The Morgan fingerprint density at radius 3 is 3.06 bits per heavy atom. The Morgan fingerprint density at radius 1 is 1.44 bits per heavy atom. The first-order valence-electron chi connectivity index (χ1n) is 5.30. The van der Waals surface area contributed by atoms with Gasteiger partial charge >= 0.3 is 0 Å². The maximum absolute atomic E-state index is 5.19. The minimum absolute atomic E-state index is 0.859. The van der Waals surface area contributed by atoms with E-state index in [4.69, 9.17) is 4.42 Å². The molecule has 0 radical (unpaired) electrons. The van der Waals surface area contributed by atoms with Crippen LogP contribution in [0.25, 0.3) is 6.08 Å². The SMILES string of the molecule is Cc1ccsc1CNC/C=C/c1ccco1. The summed E-state index contributed by atoms with van der Waals surface area (Å²) in [6.45, 7) is 3.94. The second-order valence-corrected chi connectivity index (χ2v) is 4.58. The van der Waals surface area contributed by atoms with Gasteiger partial charge in [0, 0.05) is 18.0 Å². The molecule has 0 saturated carbocycles. The van der Waals surface area contributed by atoms with Gasteiger partial charge in [0.05, 0.1) is 6.26 Å². The maximum Gasteiger partial charge on any atom is 0.126 e. The first-order valence-corrected chi connectivity index (χ1v) is 6.18. The minimum Gasteiger partial charge on any atom is -0.465 e. The molecule has 2 heterocycles. The van der Waals surface area contributed by atoms with Gasteiger partial charge in [-0.2, -0.15) is 0 Å². The predicted octanol–water partition coefficient (Wildman–Crippen LogP) is 3.45. The average molecular weight is 233 g/mol. The lowest BCUT2D eigenvalue weighted by atomic mass is 10.3. The van der Waals surface area contributed by atoms with E-state index in [1.807, 2.05) is 18.2 Å². The van der Waals surface area contributed by atoms with Gasteiger partial charge in [-0.25, -0.2) is 0 Å². The molecule has 0 fully saturated rings. The van der Waals surface area contributed by atoms with E-state index in [-0.39, 0.29) is 0 Å². The molecule has 0 spiro atoms. The lowest BCUT2D eigenvalue weighted by Gasteiger charge is -1.99. The van der Waals surface area contributed by atoms with E-state index in [9.17, 15) is 0 Å². The van der Waals surface area contributed by atoms with Crippen molar-refractivity contribution in [3.63, 3.8) is 0 Å². The van der Waals surface area contributed by atoms with Crippen molar-refractivity contribution in [3.8, 4) is 0 Å². The van der Waals surface area contributed by atoms with Crippen molar-refractivity contribution in [2.45, 2.75) is 13.5 Å². The van der Waals surface area contributed by atoms with Crippen LogP contribution >= 0.6 is 11.3 Å². The van der Waals surface area contributed by atoms with Crippen molar-refractivity contribution >= 4 is 17.4 Å². The van der Waals surface area contributed by atoms with Gasteiger partial charge in [0.15, 0.2) is 0 Å². The molecule has 0 aromatic carbocycles. The number of thiophene rings is 1. The molecule has 84 valence electrons. The van der Waals surface area contributed by atoms with Crippen molar-refractivity contribution in [1.29, 1.82) is 0 Å². The van der Waals surface area contributed by atoms with Crippen LogP contribution in [0.2, 0.25) is 0 Å². The highest BCUT2D eigenvalue weighted by Crippen LogP contribution is 2.14. The monoisotopic (exact) mass is 233 g/mol. The van der Waals surface area contributed by atoms with Gasteiger partial charge in [-0.05, 0) is 42.1 Å². The predicted molar refractivity (Wildman–Crippen MR) is 68.5 cm³/mol. The Balaban J connectivity index is 1.71. The van der Waals surface area contributed by atoms with E-state index in [2.05, 4.69) is 29.8 Å². The summed E-state index contributed by atoms with van der Waals surface area (Å²) in [5, 5.41) is 5.50. The number of hydrogen-bond donors (Lipinski definition) is 1. The van der Waals surface area contributed by atoms with E-state index >= 15 is 0 Å². The average Bonchev–Trinajstić information content (AvgIpc) is 2.90. The Hall–Kier alpha value is -1.32. The van der Waals surface area contributed by atoms with Crippen molar-refractivity contribution in [3.05, 3.63) is 52.1 Å². The van der Waals surface area contributed by atoms with Crippen molar-refractivity contribution in [2.24, 2.45) is 0 Å². The highest BCUT2D eigenvalue weighted by molar-refractivity contribution is 7.10. The molecule has 2 aromatic heterocycles. The molecule has 1 N–H and O–H groups in total. The van der Waals surface area contributed by atoms with Gasteiger partial charge < -0.3 is 9.73 Å². The quantitative estimate of drug-likeness (QED) is 0.800. The summed E-state index contributed by atoms with van der Waals surface area (Å²) in [6, 6.07) is 5.99. The standard InChI is InChI=1S/C13H15NOS/c1-11-6-9-16-13(11)10-14-7-2-4-12-5-3-8-15-12/h2-6,8-9,14H,7,10H2,1H3/b4-2+. The zero-order valence-electron chi connectivity index (χ0n) is 9.27. The molecule has 3 heteroatoms. The van der Waals surface area contributed by atoms with Gasteiger partial charge in [0.25, 0.3) is 0 Å². The lowest BCUT2D eigenvalue weighted by Crippen LogP contribution is -2.12. The maximum atomic E-state index is 5.19. The minimum atomic E-state index is 0.859. The summed E-state index contributed by atoms with van der Waals surface area (Å²) in [4.78, 5) is 1.41. The lowest BCUT2D eigenvalue weighted by molar-refractivity contribution is 0.556. The number of rotatable bonds is 5. The van der Waals surface area contributed by atoms with Crippen molar-refractivity contribution in [1.82, 2.24) is 5.32 Å². The molecule has 0 atom stereocenters. The summed E-state index contributed by atoms with van der Waals surface area (Å²) in [7, 11) is 0. The zero-order chi connectivity index (χ0) is 11.2. The molecule has 2 rings (SSSR count). The Morgan fingerprint density at radius 2 is 2.38 bits per heavy atom. The van der Waals surface area contributed by atoms with Crippen LogP contribution in [0.15, 0.2) is 40.3 Å². The van der Waals surface area contributed by atoms with Gasteiger partial charge in [0.2, 0.25) is 0 Å². The molecule has 0 unspecified atom stereocenters. The summed E-state index contributed by atoms with van der Waals surface area (Å²) in [5.41, 5.74) is 1.37. The van der Waals surface area contributed by atoms with Crippen LogP contribution in [0, 0.1) is 6.92 Å². The van der Waals surface area contributed by atoms with E-state index < -0.39 is 0 Å². The summed E-state index contributed by atoms with van der Waals surface area (Å²) >= 11 is 1.80. The normalized spacial score (nSPS) is 11.3. The van der Waals surface area contributed by atoms with E-state index in [1.165, 1.54) is 10.4 Å². The van der Waals surface area contributed by atoms with E-state index in [0.29, 0.717) is 0 Å². The molecule has 0 aliphatic carbocycles. The number of hydrogen-bond acceptors (Lipinski definition) is 3. The number of aryl methyl sites for hydroxylation is 1. The zero-order valence-corrected chi connectivity index (χ0v) is 10.1. The fraction of sp³-hybridized carbons (Fsp3) is 0.231. The van der Waals surface area contributed by atoms with Crippen LogP contribution in [0.5, 0.6) is 0 Å². The van der Waals surface area contributed by atoms with Crippen LogP contribution in [0.4, 0.5) is 0 Å². The molecular weight excluding hydrogens is 218 g/mol. The topological polar surface area (TPSA) is 25.2 Å². The van der Waals surface area contributed by atoms with Crippen LogP contribution in [0.3, 0.4) is 0 Å². The van der Waals surface area contributed by atoms with E-state index in [1.54, 1.807) is 17.6 Å². The molecule has 0 amide bonds. The second kappa shape index (κ2) is 5.68.